The average molecular weight is 649 g/mol. The van der Waals surface area contributed by atoms with E-state index in [1.807, 2.05) is 84.9 Å². The summed E-state index contributed by atoms with van der Waals surface area (Å²) in [6, 6.07) is 43.2. The normalized spacial score (nSPS) is 11.0. The molecule has 0 radical (unpaired) electrons. The van der Waals surface area contributed by atoms with Crippen LogP contribution in [0.15, 0.2) is 109 Å². The second kappa shape index (κ2) is 11.0. The van der Waals surface area contributed by atoms with Crippen molar-refractivity contribution in [3.05, 3.63) is 127 Å². The van der Waals surface area contributed by atoms with Gasteiger partial charge in [-0.15, -0.1) is 71.8 Å². The number of rotatable bonds is 5. The Bertz CT molecular complexity index is 1330. The van der Waals surface area contributed by atoms with Gasteiger partial charge in [-0.3, -0.25) is 14.9 Å². The fourth-order valence-corrected chi connectivity index (χ4v) is 3.99. The third-order valence-electron chi connectivity index (χ3n) is 5.89. The fraction of sp³-hybridized carbons (Fsp3) is 0.125. The maximum absolute atomic E-state index is 5.02. The molecule has 0 aliphatic carbocycles. The standard InChI is InChI=1S/C32H27N3.Pt/c1-32(2,3)26-20-22-27(23-21-26)35(30-18-10-16-28(33-30)24-12-6-4-7-13-24)31-19-11-17-29(34-31)25-14-8-5-9-15-25;/h4-12,14,16-23H,1-3H3;/q-2;+2. The Hall–Kier alpha value is -3.55. The molecule has 0 fully saturated rings. The summed E-state index contributed by atoms with van der Waals surface area (Å²) in [5.74, 6) is 1.59. The van der Waals surface area contributed by atoms with Crippen molar-refractivity contribution in [3.8, 4) is 22.5 Å². The van der Waals surface area contributed by atoms with Crippen LogP contribution in [0.4, 0.5) is 17.3 Å². The van der Waals surface area contributed by atoms with Crippen LogP contribution in [-0.4, -0.2) is 9.97 Å². The van der Waals surface area contributed by atoms with Crippen LogP contribution >= 0.6 is 0 Å². The van der Waals surface area contributed by atoms with Crippen molar-refractivity contribution in [2.45, 2.75) is 26.2 Å². The smallest absolute Gasteiger partial charge is 0.280 e. The average Bonchev–Trinajstić information content (AvgIpc) is 2.90. The van der Waals surface area contributed by atoms with Crippen molar-refractivity contribution in [3.63, 3.8) is 0 Å². The molecule has 0 saturated heterocycles. The molecule has 180 valence electrons. The molecule has 0 spiro atoms. The Morgan fingerprint density at radius 3 is 1.50 bits per heavy atom. The van der Waals surface area contributed by atoms with E-state index in [2.05, 4.69) is 62.1 Å². The quantitative estimate of drug-likeness (QED) is 0.180. The van der Waals surface area contributed by atoms with Crippen molar-refractivity contribution in [2.24, 2.45) is 0 Å². The molecule has 4 heteroatoms. The molecule has 5 rings (SSSR count). The van der Waals surface area contributed by atoms with Crippen molar-refractivity contribution < 1.29 is 21.1 Å². The Morgan fingerprint density at radius 1 is 0.583 bits per heavy atom. The Kier molecular flexibility index (Phi) is 7.81. The molecule has 0 bridgehead atoms. The van der Waals surface area contributed by atoms with Crippen LogP contribution < -0.4 is 4.90 Å². The van der Waals surface area contributed by atoms with Crippen molar-refractivity contribution in [1.82, 2.24) is 9.97 Å². The van der Waals surface area contributed by atoms with Gasteiger partial charge in [-0.2, -0.15) is 0 Å². The summed E-state index contributed by atoms with van der Waals surface area (Å²) in [7, 11) is 0. The molecule has 0 amide bonds. The minimum absolute atomic E-state index is 0. The van der Waals surface area contributed by atoms with Gasteiger partial charge in [0.05, 0.1) is 0 Å². The van der Waals surface area contributed by atoms with Crippen molar-refractivity contribution >= 4 is 17.3 Å². The van der Waals surface area contributed by atoms with Gasteiger partial charge in [0.2, 0.25) is 0 Å². The molecule has 0 aliphatic heterocycles. The molecule has 3 aromatic carbocycles. The van der Waals surface area contributed by atoms with Gasteiger partial charge in [-0.25, -0.2) is 0 Å². The van der Waals surface area contributed by atoms with Gasteiger partial charge in [-0.05, 0) is 46.6 Å². The number of pyridine rings is 2. The molecule has 0 atom stereocenters. The Morgan fingerprint density at radius 2 is 1.08 bits per heavy atom. The van der Waals surface area contributed by atoms with E-state index in [0.717, 1.165) is 39.8 Å². The van der Waals surface area contributed by atoms with Gasteiger partial charge in [0.15, 0.2) is 0 Å². The van der Waals surface area contributed by atoms with E-state index in [9.17, 15) is 0 Å². The minimum Gasteiger partial charge on any atom is -0.280 e. The van der Waals surface area contributed by atoms with E-state index in [1.54, 1.807) is 0 Å². The predicted molar refractivity (Wildman–Crippen MR) is 144 cm³/mol. The van der Waals surface area contributed by atoms with Gasteiger partial charge < -0.3 is 0 Å². The van der Waals surface area contributed by atoms with Gasteiger partial charge in [0, 0.05) is 5.69 Å². The molecule has 0 aliphatic rings. The van der Waals surface area contributed by atoms with Crippen LogP contribution in [0.5, 0.6) is 0 Å². The number of hydrogen-bond donors (Lipinski definition) is 0. The van der Waals surface area contributed by atoms with E-state index in [4.69, 9.17) is 9.97 Å². The molecule has 36 heavy (non-hydrogen) atoms. The first-order chi connectivity index (χ1) is 17.0. The summed E-state index contributed by atoms with van der Waals surface area (Å²) in [6.45, 7) is 6.67. The Balaban J connectivity index is 0.00000304. The summed E-state index contributed by atoms with van der Waals surface area (Å²) >= 11 is 0. The first-order valence-electron chi connectivity index (χ1n) is 11.8. The summed E-state index contributed by atoms with van der Waals surface area (Å²) in [6.07, 6.45) is 0. The molecule has 5 aromatic rings. The SMILES string of the molecule is CC(C)(C)c1ccc(N(c2cccc(-c3[c-]cccc3)n2)c2cccc(-c3[c-]cccc3)n2)cc1.[Pt+2]. The van der Waals surface area contributed by atoms with Gasteiger partial charge >= 0.3 is 21.1 Å². The molecule has 2 heterocycles. The van der Waals surface area contributed by atoms with Crippen LogP contribution in [-0.2, 0) is 26.5 Å². The molecular formula is C32H27N3Pt. The molecule has 3 nitrogen and oxygen atoms in total. The van der Waals surface area contributed by atoms with Crippen LogP contribution in [0.3, 0.4) is 0 Å². The summed E-state index contributed by atoms with van der Waals surface area (Å²) in [5.41, 5.74) is 6.00. The van der Waals surface area contributed by atoms with E-state index in [0.29, 0.717) is 0 Å². The zero-order chi connectivity index (χ0) is 24.3. The third kappa shape index (κ3) is 5.64. The number of anilines is 3. The first-order valence-corrected chi connectivity index (χ1v) is 11.8. The van der Waals surface area contributed by atoms with E-state index < -0.39 is 0 Å². The zero-order valence-corrected chi connectivity index (χ0v) is 22.8. The first kappa shape index (κ1) is 25.5. The largest absolute Gasteiger partial charge is 2.00 e. The number of benzene rings is 3. The molecule has 0 N–H and O–H groups in total. The zero-order valence-electron chi connectivity index (χ0n) is 20.6. The number of nitrogens with zero attached hydrogens (tertiary/aromatic N) is 3. The Labute approximate surface area is 228 Å². The van der Waals surface area contributed by atoms with Crippen molar-refractivity contribution in [2.75, 3.05) is 4.90 Å². The monoisotopic (exact) mass is 648 g/mol. The molecule has 0 unspecified atom stereocenters. The summed E-state index contributed by atoms with van der Waals surface area (Å²) in [4.78, 5) is 12.1. The number of aromatic nitrogens is 2. The molecule has 0 saturated carbocycles. The van der Waals surface area contributed by atoms with E-state index in [-0.39, 0.29) is 26.5 Å². The second-order valence-electron chi connectivity index (χ2n) is 9.45. The second-order valence-corrected chi connectivity index (χ2v) is 9.45. The summed E-state index contributed by atoms with van der Waals surface area (Å²) < 4.78 is 0. The van der Waals surface area contributed by atoms with E-state index in [1.165, 1.54) is 5.56 Å². The van der Waals surface area contributed by atoms with Crippen LogP contribution in [0.25, 0.3) is 22.5 Å². The van der Waals surface area contributed by atoms with Crippen LogP contribution in [0.2, 0.25) is 0 Å². The maximum Gasteiger partial charge on any atom is 2.00 e. The van der Waals surface area contributed by atoms with Gasteiger partial charge in [0.25, 0.3) is 0 Å². The predicted octanol–water partition coefficient (Wildman–Crippen LogP) is 8.18. The van der Waals surface area contributed by atoms with Gasteiger partial charge in [-0.1, -0.05) is 57.2 Å². The molecule has 2 aromatic heterocycles. The third-order valence-corrected chi connectivity index (χ3v) is 5.89. The molecular weight excluding hydrogens is 621 g/mol. The van der Waals surface area contributed by atoms with Crippen LogP contribution in [0.1, 0.15) is 26.3 Å². The topological polar surface area (TPSA) is 29.0 Å². The van der Waals surface area contributed by atoms with Gasteiger partial charge in [0.1, 0.15) is 11.6 Å². The summed E-state index contributed by atoms with van der Waals surface area (Å²) in [5, 5.41) is 0. The number of hydrogen-bond acceptors (Lipinski definition) is 3. The van der Waals surface area contributed by atoms with E-state index >= 15 is 0 Å². The minimum atomic E-state index is 0. The van der Waals surface area contributed by atoms with Crippen molar-refractivity contribution in [1.29, 1.82) is 0 Å². The van der Waals surface area contributed by atoms with Crippen LogP contribution in [0, 0.1) is 12.1 Å². The fourth-order valence-electron chi connectivity index (χ4n) is 3.99. The maximum atomic E-state index is 5.02.